The molecule has 1 N–H and O–H groups in total. The first-order chi connectivity index (χ1) is 12.1. The number of nitrogens with one attached hydrogen (secondary N) is 1. The quantitative estimate of drug-likeness (QED) is 0.893. The van der Waals surface area contributed by atoms with Gasteiger partial charge in [0.05, 0.1) is 13.0 Å². The molecule has 1 aliphatic heterocycles. The van der Waals surface area contributed by atoms with Gasteiger partial charge in [-0.3, -0.25) is 9.59 Å². The second kappa shape index (κ2) is 7.57. The third kappa shape index (κ3) is 4.12. The van der Waals surface area contributed by atoms with Crippen molar-refractivity contribution in [3.8, 4) is 5.75 Å². The molecule has 1 aliphatic rings. The lowest BCUT2D eigenvalue weighted by Gasteiger charge is -2.17. The highest BCUT2D eigenvalue weighted by Crippen LogP contribution is 2.28. The zero-order valence-electron chi connectivity index (χ0n) is 13.9. The van der Waals surface area contributed by atoms with Gasteiger partial charge < -0.3 is 15.0 Å². The molecule has 1 saturated heterocycles. The van der Waals surface area contributed by atoms with Crippen LogP contribution >= 0.6 is 11.6 Å². The highest BCUT2D eigenvalue weighted by molar-refractivity contribution is 6.30. The minimum absolute atomic E-state index is 0.0557. The number of methoxy groups -OCH3 is 1. The summed E-state index contributed by atoms with van der Waals surface area (Å²) in [6.45, 7) is 0.790. The molecule has 130 valence electrons. The normalized spacial score (nSPS) is 16.8. The first-order valence-corrected chi connectivity index (χ1v) is 8.41. The van der Waals surface area contributed by atoms with Crippen LogP contribution in [0, 0.1) is 5.92 Å². The van der Waals surface area contributed by atoms with Crippen LogP contribution in [0.1, 0.15) is 12.0 Å². The van der Waals surface area contributed by atoms with Crippen molar-refractivity contribution in [1.82, 2.24) is 5.32 Å². The van der Waals surface area contributed by atoms with Gasteiger partial charge in [-0.25, -0.2) is 0 Å². The maximum Gasteiger partial charge on any atom is 0.227 e. The lowest BCUT2D eigenvalue weighted by atomic mass is 10.1. The van der Waals surface area contributed by atoms with E-state index >= 15 is 0 Å². The molecule has 1 heterocycles. The van der Waals surface area contributed by atoms with Gasteiger partial charge in [0.25, 0.3) is 0 Å². The molecule has 0 aliphatic carbocycles. The van der Waals surface area contributed by atoms with Gasteiger partial charge in [-0.2, -0.15) is 0 Å². The van der Waals surface area contributed by atoms with Crippen LogP contribution in [0.2, 0.25) is 5.02 Å². The van der Waals surface area contributed by atoms with Crippen LogP contribution in [0.25, 0.3) is 0 Å². The highest BCUT2D eigenvalue weighted by Gasteiger charge is 2.35. The largest absolute Gasteiger partial charge is 0.497 e. The van der Waals surface area contributed by atoms with Crippen molar-refractivity contribution < 1.29 is 14.3 Å². The van der Waals surface area contributed by atoms with Crippen LogP contribution in [0.5, 0.6) is 5.75 Å². The van der Waals surface area contributed by atoms with Crippen LogP contribution in [-0.2, 0) is 16.1 Å². The van der Waals surface area contributed by atoms with E-state index < -0.39 is 0 Å². The van der Waals surface area contributed by atoms with Gasteiger partial charge in [0.1, 0.15) is 5.75 Å². The Balaban J connectivity index is 1.61. The second-order valence-electron chi connectivity index (χ2n) is 5.95. The van der Waals surface area contributed by atoms with Gasteiger partial charge >= 0.3 is 0 Å². The van der Waals surface area contributed by atoms with Gasteiger partial charge in [0, 0.05) is 36.3 Å². The van der Waals surface area contributed by atoms with Crippen LogP contribution in [0.15, 0.2) is 48.5 Å². The number of anilines is 1. The number of benzene rings is 2. The molecule has 2 aromatic rings. The second-order valence-corrected chi connectivity index (χ2v) is 6.39. The van der Waals surface area contributed by atoms with E-state index in [1.54, 1.807) is 30.2 Å². The third-order valence-electron chi connectivity index (χ3n) is 4.24. The van der Waals surface area contributed by atoms with Crippen LogP contribution in [0.4, 0.5) is 5.69 Å². The molecule has 2 amide bonds. The summed E-state index contributed by atoms with van der Waals surface area (Å²) in [4.78, 5) is 26.3. The standard InChI is InChI=1S/C19H19ClN2O3/c1-25-17-4-2-3-16(10-17)22-12-14(9-18(22)23)19(24)21-11-13-5-7-15(20)8-6-13/h2-8,10,14H,9,11-12H2,1H3,(H,21,24). The predicted molar refractivity (Wildman–Crippen MR) is 96.8 cm³/mol. The topological polar surface area (TPSA) is 58.6 Å². The van der Waals surface area contributed by atoms with Crippen LogP contribution in [0.3, 0.4) is 0 Å². The number of amides is 2. The molecule has 0 spiro atoms. The van der Waals surface area contributed by atoms with E-state index in [0.29, 0.717) is 23.9 Å². The molecular weight excluding hydrogens is 340 g/mol. The Kier molecular flexibility index (Phi) is 5.24. The molecule has 6 heteroatoms. The van der Waals surface area contributed by atoms with Gasteiger partial charge in [0.2, 0.25) is 11.8 Å². The van der Waals surface area contributed by atoms with E-state index in [1.165, 1.54) is 0 Å². The van der Waals surface area contributed by atoms with Crippen molar-refractivity contribution in [1.29, 1.82) is 0 Å². The summed E-state index contributed by atoms with van der Waals surface area (Å²) in [6.07, 6.45) is 0.212. The average Bonchev–Trinajstić information content (AvgIpc) is 3.03. The van der Waals surface area contributed by atoms with Crippen molar-refractivity contribution in [2.24, 2.45) is 5.92 Å². The van der Waals surface area contributed by atoms with Crippen molar-refractivity contribution >= 4 is 29.1 Å². The fourth-order valence-corrected chi connectivity index (χ4v) is 2.97. The molecule has 25 heavy (non-hydrogen) atoms. The van der Waals surface area contributed by atoms with Gasteiger partial charge in [0.15, 0.2) is 0 Å². The molecule has 1 atom stereocenters. The number of nitrogens with zero attached hydrogens (tertiary/aromatic N) is 1. The predicted octanol–water partition coefficient (Wildman–Crippen LogP) is 3.02. The number of rotatable bonds is 5. The van der Waals surface area contributed by atoms with E-state index in [2.05, 4.69) is 5.32 Å². The number of hydrogen-bond acceptors (Lipinski definition) is 3. The molecule has 2 aromatic carbocycles. The summed E-state index contributed by atoms with van der Waals surface area (Å²) >= 11 is 5.85. The Hall–Kier alpha value is -2.53. The molecule has 1 fully saturated rings. The maximum absolute atomic E-state index is 12.4. The van der Waals surface area contributed by atoms with Gasteiger partial charge in [-0.05, 0) is 29.8 Å². The SMILES string of the molecule is COc1cccc(N2CC(C(=O)NCc3ccc(Cl)cc3)CC2=O)c1. The Bertz CT molecular complexity index is 776. The lowest BCUT2D eigenvalue weighted by molar-refractivity contribution is -0.126. The van der Waals surface area contributed by atoms with Crippen molar-refractivity contribution in [2.75, 3.05) is 18.6 Å². The zero-order chi connectivity index (χ0) is 17.8. The maximum atomic E-state index is 12.4. The number of hydrogen-bond donors (Lipinski definition) is 1. The summed E-state index contributed by atoms with van der Waals surface area (Å²) < 4.78 is 5.19. The molecule has 0 saturated carbocycles. The van der Waals surface area contributed by atoms with Crippen LogP contribution < -0.4 is 15.0 Å². The summed E-state index contributed by atoms with van der Waals surface area (Å²) in [5.74, 6) is 0.153. The first-order valence-electron chi connectivity index (χ1n) is 8.03. The molecule has 5 nitrogen and oxygen atoms in total. The summed E-state index contributed by atoms with van der Waals surface area (Å²) in [6, 6.07) is 14.6. The van der Waals surface area contributed by atoms with Gasteiger partial charge in [-0.15, -0.1) is 0 Å². The Morgan fingerprint density at radius 1 is 1.28 bits per heavy atom. The van der Waals surface area contributed by atoms with Crippen molar-refractivity contribution in [3.63, 3.8) is 0 Å². The van der Waals surface area contributed by atoms with E-state index in [1.807, 2.05) is 30.3 Å². The fraction of sp³-hybridized carbons (Fsp3) is 0.263. The first kappa shape index (κ1) is 17.3. The average molecular weight is 359 g/mol. The fourth-order valence-electron chi connectivity index (χ4n) is 2.85. The molecule has 0 radical (unpaired) electrons. The van der Waals surface area contributed by atoms with E-state index in [-0.39, 0.29) is 24.2 Å². The smallest absolute Gasteiger partial charge is 0.227 e. The van der Waals surface area contributed by atoms with Crippen LogP contribution in [-0.4, -0.2) is 25.5 Å². The minimum atomic E-state index is -0.356. The summed E-state index contributed by atoms with van der Waals surface area (Å²) in [5, 5.41) is 3.55. The number of carbonyl (C=O) groups excluding carboxylic acids is 2. The van der Waals surface area contributed by atoms with E-state index in [9.17, 15) is 9.59 Å². The Morgan fingerprint density at radius 3 is 2.76 bits per heavy atom. The molecule has 0 aromatic heterocycles. The number of halogens is 1. The van der Waals surface area contributed by atoms with Crippen molar-refractivity contribution in [3.05, 3.63) is 59.1 Å². The van der Waals surface area contributed by atoms with E-state index in [4.69, 9.17) is 16.3 Å². The summed E-state index contributed by atoms with van der Waals surface area (Å²) in [5.41, 5.74) is 1.71. The third-order valence-corrected chi connectivity index (χ3v) is 4.49. The number of carbonyl (C=O) groups is 2. The zero-order valence-corrected chi connectivity index (χ0v) is 14.6. The Morgan fingerprint density at radius 2 is 2.04 bits per heavy atom. The molecular formula is C19H19ClN2O3. The summed E-state index contributed by atoms with van der Waals surface area (Å²) in [7, 11) is 1.58. The molecule has 0 bridgehead atoms. The van der Waals surface area contributed by atoms with Crippen molar-refractivity contribution in [2.45, 2.75) is 13.0 Å². The number of ether oxygens (including phenoxy) is 1. The minimum Gasteiger partial charge on any atom is -0.497 e. The monoisotopic (exact) mass is 358 g/mol. The molecule has 1 unspecified atom stereocenters. The molecule has 3 rings (SSSR count). The van der Waals surface area contributed by atoms with E-state index in [0.717, 1.165) is 11.3 Å². The van der Waals surface area contributed by atoms with Gasteiger partial charge in [-0.1, -0.05) is 29.8 Å². The Labute approximate surface area is 151 Å². The highest BCUT2D eigenvalue weighted by atomic mass is 35.5. The lowest BCUT2D eigenvalue weighted by Crippen LogP contribution is -2.32.